The molecule has 0 aliphatic heterocycles. The zero-order valence-corrected chi connectivity index (χ0v) is 11.5. The van der Waals surface area contributed by atoms with E-state index in [-0.39, 0.29) is 5.91 Å². The lowest BCUT2D eigenvalue weighted by Crippen LogP contribution is -2.13. The average molecular weight is 293 g/mol. The number of nitrogens with zero attached hydrogens (tertiary/aromatic N) is 2. The van der Waals surface area contributed by atoms with E-state index in [0.29, 0.717) is 27.0 Å². The van der Waals surface area contributed by atoms with E-state index in [0.717, 1.165) is 6.08 Å². The molecular formula is C12H11N3O4S. The van der Waals surface area contributed by atoms with Crippen molar-refractivity contribution in [1.82, 2.24) is 10.1 Å². The van der Waals surface area contributed by atoms with Crippen LogP contribution in [0.5, 0.6) is 0 Å². The van der Waals surface area contributed by atoms with Crippen LogP contribution in [0.15, 0.2) is 16.8 Å². The van der Waals surface area contributed by atoms with Crippen molar-refractivity contribution in [2.24, 2.45) is 0 Å². The number of carboxylic acids is 1. The highest BCUT2D eigenvalue weighted by Gasteiger charge is 2.18. The van der Waals surface area contributed by atoms with Gasteiger partial charge in [-0.05, 0) is 19.9 Å². The fraction of sp³-hybridized carbons (Fsp3) is 0.167. The Kier molecular flexibility index (Phi) is 3.94. The van der Waals surface area contributed by atoms with E-state index >= 15 is 0 Å². The smallest absolute Gasteiger partial charge is 0.328 e. The van der Waals surface area contributed by atoms with Crippen molar-refractivity contribution < 1.29 is 19.2 Å². The summed E-state index contributed by atoms with van der Waals surface area (Å²) in [7, 11) is 0. The maximum Gasteiger partial charge on any atom is 0.328 e. The SMILES string of the molecule is Cc1noc(C)c1C(=O)Nc1ncc(C=CC(=O)O)s1. The second-order valence-electron chi connectivity index (χ2n) is 3.89. The van der Waals surface area contributed by atoms with Gasteiger partial charge in [0.2, 0.25) is 0 Å². The fourth-order valence-corrected chi connectivity index (χ4v) is 2.26. The average Bonchev–Trinajstić information content (AvgIpc) is 2.94. The van der Waals surface area contributed by atoms with Crippen LogP contribution in [0.2, 0.25) is 0 Å². The van der Waals surface area contributed by atoms with Crippen LogP contribution >= 0.6 is 11.3 Å². The Morgan fingerprint density at radius 3 is 2.80 bits per heavy atom. The van der Waals surface area contributed by atoms with Gasteiger partial charge in [-0.25, -0.2) is 9.78 Å². The molecule has 0 aliphatic rings. The molecule has 0 aliphatic carbocycles. The molecule has 2 aromatic rings. The predicted octanol–water partition coefficient (Wildman–Crippen LogP) is 2.10. The standard InChI is InChI=1S/C12H11N3O4S/c1-6-10(7(2)19-15-6)11(18)14-12-13-5-8(20-12)3-4-9(16)17/h3-5H,1-2H3,(H,16,17)(H,13,14,18). The minimum atomic E-state index is -1.04. The molecule has 0 saturated carbocycles. The number of hydrogen-bond donors (Lipinski definition) is 2. The largest absolute Gasteiger partial charge is 0.478 e. The van der Waals surface area contributed by atoms with Gasteiger partial charge in [-0.15, -0.1) is 0 Å². The molecule has 0 saturated heterocycles. The number of amides is 1. The first-order chi connectivity index (χ1) is 9.47. The van der Waals surface area contributed by atoms with Gasteiger partial charge in [0, 0.05) is 17.2 Å². The van der Waals surface area contributed by atoms with Gasteiger partial charge in [-0.2, -0.15) is 0 Å². The van der Waals surface area contributed by atoms with Crippen LogP contribution in [0.25, 0.3) is 6.08 Å². The van der Waals surface area contributed by atoms with E-state index in [1.54, 1.807) is 13.8 Å². The number of hydrogen-bond acceptors (Lipinski definition) is 6. The van der Waals surface area contributed by atoms with Crippen LogP contribution in [0.3, 0.4) is 0 Å². The Labute approximate surface area is 117 Å². The highest BCUT2D eigenvalue weighted by atomic mass is 32.1. The highest BCUT2D eigenvalue weighted by Crippen LogP contribution is 2.21. The van der Waals surface area contributed by atoms with E-state index in [1.807, 2.05) is 0 Å². The third kappa shape index (κ3) is 3.09. The third-order valence-corrected chi connectivity index (χ3v) is 3.27. The van der Waals surface area contributed by atoms with Gasteiger partial charge in [-0.3, -0.25) is 10.1 Å². The molecule has 0 bridgehead atoms. The van der Waals surface area contributed by atoms with Gasteiger partial charge in [0.15, 0.2) is 5.13 Å². The summed E-state index contributed by atoms with van der Waals surface area (Å²) < 4.78 is 4.92. The quantitative estimate of drug-likeness (QED) is 0.836. The van der Waals surface area contributed by atoms with E-state index < -0.39 is 5.97 Å². The van der Waals surface area contributed by atoms with Gasteiger partial charge in [0.1, 0.15) is 11.3 Å². The first-order valence-corrected chi connectivity index (χ1v) is 6.40. The maximum absolute atomic E-state index is 12.0. The highest BCUT2D eigenvalue weighted by molar-refractivity contribution is 7.16. The van der Waals surface area contributed by atoms with Crippen LogP contribution in [0, 0.1) is 13.8 Å². The predicted molar refractivity (Wildman–Crippen MR) is 72.7 cm³/mol. The lowest BCUT2D eigenvalue weighted by atomic mass is 10.2. The van der Waals surface area contributed by atoms with E-state index in [1.165, 1.54) is 23.6 Å². The summed E-state index contributed by atoms with van der Waals surface area (Å²) in [6, 6.07) is 0. The molecule has 0 fully saturated rings. The second-order valence-corrected chi connectivity index (χ2v) is 4.95. The summed E-state index contributed by atoms with van der Waals surface area (Å²) in [5.74, 6) is -0.966. The molecule has 2 aromatic heterocycles. The molecule has 104 valence electrons. The van der Waals surface area contributed by atoms with Crippen molar-refractivity contribution in [2.45, 2.75) is 13.8 Å². The second kappa shape index (κ2) is 5.66. The van der Waals surface area contributed by atoms with E-state index in [9.17, 15) is 9.59 Å². The normalized spacial score (nSPS) is 10.9. The zero-order valence-electron chi connectivity index (χ0n) is 10.7. The Bertz CT molecular complexity index is 667. The number of carboxylic acid groups (broad SMARTS) is 1. The molecule has 1 amide bonds. The van der Waals surface area contributed by atoms with Crippen molar-refractivity contribution in [3.05, 3.63) is 34.2 Å². The molecule has 2 heterocycles. The number of carbonyl (C=O) groups is 2. The summed E-state index contributed by atoms with van der Waals surface area (Å²) >= 11 is 1.17. The van der Waals surface area contributed by atoms with Gasteiger partial charge in [0.25, 0.3) is 5.91 Å². The maximum atomic E-state index is 12.0. The van der Waals surface area contributed by atoms with Crippen molar-refractivity contribution in [3.63, 3.8) is 0 Å². The molecule has 0 atom stereocenters. The number of aliphatic carboxylic acids is 1. The van der Waals surface area contributed by atoms with Crippen molar-refractivity contribution >= 4 is 34.4 Å². The fourth-order valence-electron chi connectivity index (χ4n) is 1.54. The first-order valence-electron chi connectivity index (χ1n) is 5.58. The summed E-state index contributed by atoms with van der Waals surface area (Å²) in [5.41, 5.74) is 0.880. The van der Waals surface area contributed by atoms with Crippen LogP contribution in [-0.2, 0) is 4.79 Å². The van der Waals surface area contributed by atoms with Crippen LogP contribution in [0.4, 0.5) is 5.13 Å². The molecule has 7 nitrogen and oxygen atoms in total. The molecule has 2 N–H and O–H groups in total. The summed E-state index contributed by atoms with van der Waals surface area (Å²) in [5, 5.41) is 15.2. The van der Waals surface area contributed by atoms with Crippen LogP contribution in [-0.4, -0.2) is 27.1 Å². The molecular weight excluding hydrogens is 282 g/mol. The number of anilines is 1. The molecule has 0 aromatic carbocycles. The van der Waals surface area contributed by atoms with Gasteiger partial charge in [0.05, 0.1) is 5.69 Å². The lowest BCUT2D eigenvalue weighted by molar-refractivity contribution is -0.131. The minimum Gasteiger partial charge on any atom is -0.478 e. The number of aromatic nitrogens is 2. The Morgan fingerprint density at radius 1 is 1.45 bits per heavy atom. The first kappa shape index (κ1) is 13.9. The van der Waals surface area contributed by atoms with Crippen LogP contribution in [0.1, 0.15) is 26.7 Å². The Hall–Kier alpha value is -2.48. The van der Waals surface area contributed by atoms with Gasteiger partial charge >= 0.3 is 5.97 Å². The summed E-state index contributed by atoms with van der Waals surface area (Å²) in [6.45, 7) is 3.33. The zero-order chi connectivity index (χ0) is 14.7. The molecule has 2 rings (SSSR count). The van der Waals surface area contributed by atoms with Crippen molar-refractivity contribution in [3.8, 4) is 0 Å². The monoisotopic (exact) mass is 293 g/mol. The number of nitrogens with one attached hydrogen (secondary N) is 1. The topological polar surface area (TPSA) is 105 Å². The molecule has 8 heteroatoms. The molecule has 0 radical (unpaired) electrons. The Morgan fingerprint density at radius 2 is 2.20 bits per heavy atom. The van der Waals surface area contributed by atoms with E-state index in [2.05, 4.69) is 15.5 Å². The number of aryl methyl sites for hydroxylation is 2. The lowest BCUT2D eigenvalue weighted by Gasteiger charge is -1.99. The molecule has 0 spiro atoms. The summed E-state index contributed by atoms with van der Waals surface area (Å²) in [6.07, 6.45) is 3.89. The number of rotatable bonds is 4. The van der Waals surface area contributed by atoms with Gasteiger partial charge in [-0.1, -0.05) is 16.5 Å². The van der Waals surface area contributed by atoms with Crippen molar-refractivity contribution in [1.29, 1.82) is 0 Å². The summed E-state index contributed by atoms with van der Waals surface area (Å²) in [4.78, 5) is 27.1. The van der Waals surface area contributed by atoms with Crippen molar-refractivity contribution in [2.75, 3.05) is 5.32 Å². The van der Waals surface area contributed by atoms with E-state index in [4.69, 9.17) is 9.63 Å². The Balaban J connectivity index is 2.11. The molecule has 20 heavy (non-hydrogen) atoms. The third-order valence-electron chi connectivity index (χ3n) is 2.39. The minimum absolute atomic E-state index is 0.357. The number of carbonyl (C=O) groups excluding carboxylic acids is 1. The molecule has 0 unspecified atom stereocenters. The van der Waals surface area contributed by atoms with Crippen LogP contribution < -0.4 is 5.32 Å². The number of thiazole rings is 1. The van der Waals surface area contributed by atoms with Gasteiger partial charge < -0.3 is 9.63 Å².